The summed E-state index contributed by atoms with van der Waals surface area (Å²) in [7, 11) is 0. The minimum atomic E-state index is 1.10. The maximum atomic E-state index is 2.41. The lowest BCUT2D eigenvalue weighted by Gasteiger charge is -2.26. The third-order valence-electron chi connectivity index (χ3n) is 10.9. The second kappa shape index (κ2) is 12.9. The molecule has 258 valence electrons. The molecule has 0 aliphatic heterocycles. The predicted molar refractivity (Wildman–Crippen MR) is 237 cm³/mol. The van der Waals surface area contributed by atoms with Crippen LogP contribution < -0.4 is 4.90 Å². The molecule has 3 heteroatoms. The summed E-state index contributed by atoms with van der Waals surface area (Å²) in [5.74, 6) is 0. The van der Waals surface area contributed by atoms with Crippen molar-refractivity contribution < 1.29 is 0 Å². The van der Waals surface area contributed by atoms with E-state index in [1.54, 1.807) is 0 Å². The first-order valence-corrected chi connectivity index (χ1v) is 19.6. The number of hydrogen-bond donors (Lipinski definition) is 0. The molecular weight excluding hydrogens is 685 g/mol. The van der Waals surface area contributed by atoms with Crippen molar-refractivity contribution in [1.82, 2.24) is 4.57 Å². The zero-order chi connectivity index (χ0) is 36.3. The van der Waals surface area contributed by atoms with Crippen molar-refractivity contribution >= 4 is 81.1 Å². The van der Waals surface area contributed by atoms with E-state index in [1.165, 1.54) is 75.0 Å². The number of rotatable bonds is 6. The van der Waals surface area contributed by atoms with Crippen LogP contribution in [0.5, 0.6) is 0 Å². The standard InChI is InChI=1S/C52H34N2S/c1-3-14-35(15-4-1)37-17-13-20-41(32-37)53(42-30-31-48-46(34-42)44-22-9-11-24-47(44)54(48)39-18-5-2-6-19-39)40-28-26-36(27-29-40)51-43-21-8-7-16-38(43)33-50-52(51)45-23-10-12-25-49(45)55-50/h1-34H. The van der Waals surface area contributed by atoms with E-state index in [1.807, 2.05) is 11.3 Å². The first-order valence-electron chi connectivity index (χ1n) is 18.8. The van der Waals surface area contributed by atoms with Gasteiger partial charge in [-0.3, -0.25) is 0 Å². The summed E-state index contributed by atoms with van der Waals surface area (Å²) < 4.78 is 5.02. The number of para-hydroxylation sites is 2. The number of fused-ring (bicyclic) bond motifs is 7. The van der Waals surface area contributed by atoms with Crippen LogP contribution in [0.15, 0.2) is 206 Å². The molecule has 0 saturated carbocycles. The summed E-state index contributed by atoms with van der Waals surface area (Å²) in [4.78, 5) is 2.41. The van der Waals surface area contributed by atoms with Gasteiger partial charge >= 0.3 is 0 Å². The monoisotopic (exact) mass is 718 g/mol. The highest BCUT2D eigenvalue weighted by Gasteiger charge is 2.20. The Balaban J connectivity index is 1.12. The fourth-order valence-corrected chi connectivity index (χ4v) is 9.65. The Bertz CT molecular complexity index is 3190. The van der Waals surface area contributed by atoms with Crippen LogP contribution in [-0.4, -0.2) is 4.57 Å². The van der Waals surface area contributed by atoms with Crippen molar-refractivity contribution in [1.29, 1.82) is 0 Å². The fourth-order valence-electron chi connectivity index (χ4n) is 8.48. The SMILES string of the molecule is c1ccc(-c2cccc(N(c3ccc(-c4c5ccccc5cc5sc6ccccc6c45)cc3)c3ccc4c(c3)c3ccccc3n4-c3ccccc3)c2)cc1. The Labute approximate surface area is 323 Å². The Morgan fingerprint density at radius 3 is 1.84 bits per heavy atom. The van der Waals surface area contributed by atoms with Gasteiger partial charge in [-0.25, -0.2) is 0 Å². The normalized spacial score (nSPS) is 11.6. The number of anilines is 3. The molecule has 55 heavy (non-hydrogen) atoms. The van der Waals surface area contributed by atoms with Crippen LogP contribution in [0.1, 0.15) is 0 Å². The van der Waals surface area contributed by atoms with Crippen LogP contribution in [0, 0.1) is 0 Å². The minimum absolute atomic E-state index is 1.10. The topological polar surface area (TPSA) is 8.17 Å². The van der Waals surface area contributed by atoms with Crippen molar-refractivity contribution in [2.75, 3.05) is 4.90 Å². The van der Waals surface area contributed by atoms with E-state index >= 15 is 0 Å². The highest BCUT2D eigenvalue weighted by molar-refractivity contribution is 7.26. The third-order valence-corrected chi connectivity index (χ3v) is 12.1. The lowest BCUT2D eigenvalue weighted by atomic mass is 9.93. The summed E-state index contributed by atoms with van der Waals surface area (Å²) in [5, 5.41) is 7.65. The molecule has 11 aromatic rings. The maximum absolute atomic E-state index is 2.41. The molecule has 0 atom stereocenters. The first kappa shape index (κ1) is 31.6. The second-order valence-electron chi connectivity index (χ2n) is 14.1. The maximum Gasteiger partial charge on any atom is 0.0542 e. The summed E-state index contributed by atoms with van der Waals surface area (Å²) >= 11 is 1.88. The molecule has 0 bridgehead atoms. The Hall–Kier alpha value is -6.94. The Morgan fingerprint density at radius 1 is 0.364 bits per heavy atom. The Morgan fingerprint density at radius 2 is 1.00 bits per heavy atom. The molecular formula is C52H34N2S. The highest BCUT2D eigenvalue weighted by atomic mass is 32.1. The van der Waals surface area contributed by atoms with Crippen molar-refractivity contribution in [2.24, 2.45) is 0 Å². The van der Waals surface area contributed by atoms with Gasteiger partial charge in [-0.05, 0) is 106 Å². The predicted octanol–water partition coefficient (Wildman–Crippen LogP) is 15.1. The van der Waals surface area contributed by atoms with Gasteiger partial charge in [0.2, 0.25) is 0 Å². The second-order valence-corrected chi connectivity index (χ2v) is 15.2. The van der Waals surface area contributed by atoms with E-state index < -0.39 is 0 Å². The van der Waals surface area contributed by atoms with Gasteiger partial charge in [0.15, 0.2) is 0 Å². The molecule has 0 spiro atoms. The van der Waals surface area contributed by atoms with E-state index in [9.17, 15) is 0 Å². The van der Waals surface area contributed by atoms with Crippen LogP contribution in [-0.2, 0) is 0 Å². The van der Waals surface area contributed by atoms with Crippen molar-refractivity contribution in [2.45, 2.75) is 0 Å². The van der Waals surface area contributed by atoms with Gasteiger partial charge in [-0.15, -0.1) is 11.3 Å². The molecule has 0 N–H and O–H groups in total. The lowest BCUT2D eigenvalue weighted by molar-refractivity contribution is 1.18. The number of nitrogens with zero attached hydrogens (tertiary/aromatic N) is 2. The van der Waals surface area contributed by atoms with E-state index in [2.05, 4.69) is 216 Å². The van der Waals surface area contributed by atoms with Gasteiger partial charge in [-0.1, -0.05) is 133 Å². The summed E-state index contributed by atoms with van der Waals surface area (Å²) in [5.41, 5.74) is 11.8. The molecule has 2 heterocycles. The minimum Gasteiger partial charge on any atom is -0.310 e. The van der Waals surface area contributed by atoms with Crippen LogP contribution in [0.4, 0.5) is 17.1 Å². The van der Waals surface area contributed by atoms with Gasteiger partial charge < -0.3 is 9.47 Å². The molecule has 0 unspecified atom stereocenters. The van der Waals surface area contributed by atoms with Crippen molar-refractivity contribution in [3.8, 4) is 27.9 Å². The van der Waals surface area contributed by atoms with E-state index in [-0.39, 0.29) is 0 Å². The number of thiophene rings is 1. The van der Waals surface area contributed by atoms with Crippen LogP contribution in [0.25, 0.3) is 80.7 Å². The third kappa shape index (κ3) is 5.24. The average molecular weight is 719 g/mol. The van der Waals surface area contributed by atoms with Crippen LogP contribution >= 0.6 is 11.3 Å². The van der Waals surface area contributed by atoms with E-state index in [4.69, 9.17) is 0 Å². The summed E-state index contributed by atoms with van der Waals surface area (Å²) in [6.07, 6.45) is 0. The number of benzene rings is 9. The zero-order valence-corrected chi connectivity index (χ0v) is 30.7. The molecule has 11 rings (SSSR count). The fraction of sp³-hybridized carbons (Fsp3) is 0. The number of hydrogen-bond acceptors (Lipinski definition) is 2. The van der Waals surface area contributed by atoms with Gasteiger partial charge in [0.05, 0.1) is 11.0 Å². The summed E-state index contributed by atoms with van der Waals surface area (Å²) in [6, 6.07) is 75.1. The van der Waals surface area contributed by atoms with Crippen molar-refractivity contribution in [3.05, 3.63) is 206 Å². The molecule has 0 aliphatic rings. The largest absolute Gasteiger partial charge is 0.310 e. The Kier molecular flexibility index (Phi) is 7.39. The molecule has 0 amide bonds. The smallest absolute Gasteiger partial charge is 0.0542 e. The van der Waals surface area contributed by atoms with Crippen molar-refractivity contribution in [3.63, 3.8) is 0 Å². The van der Waals surface area contributed by atoms with E-state index in [0.717, 1.165) is 22.7 Å². The average Bonchev–Trinajstić information content (AvgIpc) is 3.79. The zero-order valence-electron chi connectivity index (χ0n) is 29.9. The van der Waals surface area contributed by atoms with Crippen LogP contribution in [0.2, 0.25) is 0 Å². The van der Waals surface area contributed by atoms with Gasteiger partial charge in [-0.2, -0.15) is 0 Å². The van der Waals surface area contributed by atoms with E-state index in [0.29, 0.717) is 0 Å². The quantitative estimate of drug-likeness (QED) is 0.166. The lowest BCUT2D eigenvalue weighted by Crippen LogP contribution is -2.10. The molecule has 9 aromatic carbocycles. The molecule has 2 aromatic heterocycles. The highest BCUT2D eigenvalue weighted by Crippen LogP contribution is 2.46. The first-order chi connectivity index (χ1) is 27.3. The van der Waals surface area contributed by atoms with Gasteiger partial charge in [0, 0.05) is 53.7 Å². The molecule has 0 aliphatic carbocycles. The number of aromatic nitrogens is 1. The summed E-state index contributed by atoms with van der Waals surface area (Å²) in [6.45, 7) is 0. The molecule has 0 fully saturated rings. The van der Waals surface area contributed by atoms with Gasteiger partial charge in [0.1, 0.15) is 0 Å². The molecule has 0 radical (unpaired) electrons. The van der Waals surface area contributed by atoms with Crippen LogP contribution in [0.3, 0.4) is 0 Å². The van der Waals surface area contributed by atoms with Gasteiger partial charge in [0.25, 0.3) is 0 Å². The molecule has 2 nitrogen and oxygen atoms in total. The molecule has 0 saturated heterocycles.